The minimum absolute atomic E-state index is 0.268. The molecule has 5 N–H and O–H groups in total. The van der Waals surface area contributed by atoms with Crippen LogP contribution in [0.5, 0.6) is 0 Å². The van der Waals surface area contributed by atoms with Crippen LogP contribution in [0, 0.1) is 0 Å². The first-order chi connectivity index (χ1) is 12.2. The van der Waals surface area contributed by atoms with E-state index in [1.165, 1.54) is 6.92 Å². The Balaban J connectivity index is 2.81. The van der Waals surface area contributed by atoms with Gasteiger partial charge >= 0.3 is 0 Å². The lowest BCUT2D eigenvalue weighted by Crippen LogP contribution is -2.60. The highest BCUT2D eigenvalue weighted by atomic mass is 16.5. The molecule has 0 saturated heterocycles. The summed E-state index contributed by atoms with van der Waals surface area (Å²) in [6.07, 6.45) is -3.56. The number of carbonyl (C=O) groups is 3. The molecule has 0 bridgehead atoms. The Kier molecular flexibility index (Phi) is 8.49. The van der Waals surface area contributed by atoms with Crippen LogP contribution in [0.2, 0.25) is 0 Å². The molecule has 0 spiro atoms. The third kappa shape index (κ3) is 6.28. The van der Waals surface area contributed by atoms with Crippen molar-refractivity contribution < 1.29 is 39.5 Å². The van der Waals surface area contributed by atoms with Gasteiger partial charge in [0.25, 0.3) is 0 Å². The van der Waals surface area contributed by atoms with Crippen molar-refractivity contribution in [2.45, 2.75) is 63.6 Å². The van der Waals surface area contributed by atoms with Crippen LogP contribution in [-0.2, 0) is 19.1 Å². The molecule has 1 rings (SSSR count). The molecule has 0 aromatic heterocycles. The Bertz CT molecular complexity index is 550. The van der Waals surface area contributed by atoms with Crippen LogP contribution in [0.1, 0.15) is 33.1 Å². The zero-order valence-corrected chi connectivity index (χ0v) is 14.7. The number of carboxylic acid groups (broad SMARTS) is 1. The maximum atomic E-state index is 11.6. The molecule has 148 valence electrons. The first kappa shape index (κ1) is 21.9. The van der Waals surface area contributed by atoms with Crippen molar-refractivity contribution in [3.05, 3.63) is 11.8 Å². The fourth-order valence-corrected chi connectivity index (χ4v) is 2.50. The Morgan fingerprint density at radius 3 is 2.54 bits per heavy atom. The van der Waals surface area contributed by atoms with E-state index in [9.17, 15) is 34.8 Å². The minimum atomic E-state index is -1.72. The number of aliphatic hydroxyl groups excluding tert-OH is 3. The predicted octanol–water partition coefficient (Wildman–Crippen LogP) is -3.09. The average Bonchev–Trinajstić information content (AvgIpc) is 2.58. The summed E-state index contributed by atoms with van der Waals surface area (Å²) < 4.78 is 5.09. The summed E-state index contributed by atoms with van der Waals surface area (Å²) in [6, 6.07) is -1.20. The third-order valence-electron chi connectivity index (χ3n) is 3.87. The van der Waals surface area contributed by atoms with Crippen LogP contribution in [0.25, 0.3) is 0 Å². The second-order valence-corrected chi connectivity index (χ2v) is 6.08. The smallest absolute Gasteiger partial charge is 0.220 e. The fourth-order valence-electron chi connectivity index (χ4n) is 2.50. The van der Waals surface area contributed by atoms with E-state index in [2.05, 4.69) is 10.6 Å². The Hall–Kier alpha value is -2.17. The van der Waals surface area contributed by atoms with E-state index in [1.54, 1.807) is 0 Å². The number of rotatable bonds is 9. The highest BCUT2D eigenvalue weighted by Gasteiger charge is 2.42. The molecule has 0 aliphatic carbocycles. The van der Waals surface area contributed by atoms with E-state index in [-0.39, 0.29) is 18.9 Å². The van der Waals surface area contributed by atoms with Crippen molar-refractivity contribution in [3.8, 4) is 0 Å². The summed E-state index contributed by atoms with van der Waals surface area (Å²) in [6.45, 7) is 2.78. The summed E-state index contributed by atoms with van der Waals surface area (Å²) in [4.78, 5) is 33.9. The molecule has 1 unspecified atom stereocenters. The largest absolute Gasteiger partial charge is 0.542 e. The average molecular weight is 373 g/mol. The van der Waals surface area contributed by atoms with Gasteiger partial charge in [-0.05, 0) is 12.5 Å². The molecule has 0 aromatic carbocycles. The van der Waals surface area contributed by atoms with Gasteiger partial charge < -0.3 is 40.6 Å². The number of amides is 2. The highest BCUT2D eigenvalue weighted by molar-refractivity contribution is 5.82. The maximum Gasteiger partial charge on any atom is 0.220 e. The number of carbonyl (C=O) groups excluding carboxylic acids is 3. The van der Waals surface area contributed by atoms with Crippen LogP contribution < -0.4 is 15.7 Å². The quantitative estimate of drug-likeness (QED) is 0.283. The van der Waals surface area contributed by atoms with Gasteiger partial charge in [0.05, 0.1) is 12.1 Å². The molecular weight excluding hydrogens is 348 g/mol. The Morgan fingerprint density at radius 1 is 1.35 bits per heavy atom. The standard InChI is InChI=1S/C16H26N2O8/c1-3-4-5-12(22)17-7-10(21)14(23)15-13(18-8(2)19)9(20)6-11(26-15)16(24)25/h6,9-10,13-15,20-21,23H,3-5,7H2,1-2H3,(H,17,22)(H,18,19)(H,24,25)/p-1/t9-,10-,13-,14-,15?/m1/s1. The minimum Gasteiger partial charge on any atom is -0.542 e. The van der Waals surface area contributed by atoms with Gasteiger partial charge in [0, 0.05) is 19.9 Å². The van der Waals surface area contributed by atoms with Gasteiger partial charge in [0.15, 0.2) is 6.10 Å². The van der Waals surface area contributed by atoms with Crippen molar-refractivity contribution in [2.75, 3.05) is 6.54 Å². The third-order valence-corrected chi connectivity index (χ3v) is 3.87. The van der Waals surface area contributed by atoms with Crippen LogP contribution in [-0.4, -0.2) is 70.1 Å². The number of aliphatic hydroxyl groups is 3. The number of nitrogens with one attached hydrogen (secondary N) is 2. The van der Waals surface area contributed by atoms with Crippen LogP contribution in [0.4, 0.5) is 0 Å². The predicted molar refractivity (Wildman–Crippen MR) is 86.1 cm³/mol. The first-order valence-corrected chi connectivity index (χ1v) is 8.35. The van der Waals surface area contributed by atoms with E-state index in [4.69, 9.17) is 4.74 Å². The lowest BCUT2D eigenvalue weighted by atomic mass is 9.93. The highest BCUT2D eigenvalue weighted by Crippen LogP contribution is 2.22. The van der Waals surface area contributed by atoms with Gasteiger partial charge in [-0.15, -0.1) is 0 Å². The molecule has 5 atom stereocenters. The molecule has 0 saturated carbocycles. The lowest BCUT2D eigenvalue weighted by molar-refractivity contribution is -0.305. The van der Waals surface area contributed by atoms with E-state index in [0.29, 0.717) is 6.42 Å². The number of carboxylic acids is 1. The number of aliphatic carboxylic acids is 1. The topological polar surface area (TPSA) is 168 Å². The maximum absolute atomic E-state index is 11.6. The zero-order valence-electron chi connectivity index (χ0n) is 14.7. The zero-order chi connectivity index (χ0) is 19.9. The molecule has 0 aromatic rings. The lowest BCUT2D eigenvalue weighted by Gasteiger charge is -2.39. The molecule has 2 amide bonds. The second-order valence-electron chi connectivity index (χ2n) is 6.08. The van der Waals surface area contributed by atoms with Crippen molar-refractivity contribution >= 4 is 17.8 Å². The number of hydrogen-bond donors (Lipinski definition) is 5. The summed E-state index contributed by atoms with van der Waals surface area (Å²) in [5.41, 5.74) is 0. The fraction of sp³-hybridized carbons (Fsp3) is 0.688. The summed E-state index contributed by atoms with van der Waals surface area (Å²) >= 11 is 0. The van der Waals surface area contributed by atoms with Gasteiger partial charge in [-0.2, -0.15) is 0 Å². The Labute approximate surface area is 150 Å². The molecule has 10 nitrogen and oxygen atoms in total. The van der Waals surface area contributed by atoms with Crippen molar-refractivity contribution in [1.82, 2.24) is 10.6 Å². The second kappa shape index (κ2) is 10.1. The molecule has 26 heavy (non-hydrogen) atoms. The number of hydrogen-bond acceptors (Lipinski definition) is 8. The van der Waals surface area contributed by atoms with Crippen LogP contribution in [0.3, 0.4) is 0 Å². The molecule has 10 heteroatoms. The van der Waals surface area contributed by atoms with Gasteiger partial charge in [0.2, 0.25) is 11.8 Å². The molecular formula is C16H25N2O8-. The van der Waals surface area contributed by atoms with Gasteiger partial charge in [-0.3, -0.25) is 9.59 Å². The molecule has 1 aliphatic rings. The van der Waals surface area contributed by atoms with E-state index < -0.39 is 48.1 Å². The molecule has 0 fully saturated rings. The molecule has 0 radical (unpaired) electrons. The summed E-state index contributed by atoms with van der Waals surface area (Å²) in [5, 5.41) is 46.2. The van der Waals surface area contributed by atoms with E-state index >= 15 is 0 Å². The van der Waals surface area contributed by atoms with Gasteiger partial charge in [0.1, 0.15) is 23.9 Å². The Morgan fingerprint density at radius 2 is 2.00 bits per heavy atom. The number of ether oxygens (including phenoxy) is 1. The van der Waals surface area contributed by atoms with Gasteiger partial charge in [-0.1, -0.05) is 13.3 Å². The SMILES string of the molecule is CCCCC(=O)NC[C@@H](O)[C@@H](O)C1OC(C(=O)[O-])=C[C@@H](O)[C@H]1NC(C)=O. The summed E-state index contributed by atoms with van der Waals surface area (Å²) in [7, 11) is 0. The normalized spacial score (nSPS) is 24.7. The van der Waals surface area contributed by atoms with Crippen LogP contribution >= 0.6 is 0 Å². The van der Waals surface area contributed by atoms with E-state index in [1.807, 2.05) is 6.92 Å². The van der Waals surface area contributed by atoms with E-state index in [0.717, 1.165) is 12.5 Å². The first-order valence-electron chi connectivity index (χ1n) is 8.35. The van der Waals surface area contributed by atoms with Crippen molar-refractivity contribution in [3.63, 3.8) is 0 Å². The number of unbranched alkanes of at least 4 members (excludes halogenated alkanes) is 1. The van der Waals surface area contributed by atoms with Crippen LogP contribution in [0.15, 0.2) is 11.8 Å². The summed E-state index contributed by atoms with van der Waals surface area (Å²) in [5.74, 6) is -3.30. The monoisotopic (exact) mass is 373 g/mol. The molecule has 1 aliphatic heterocycles. The van der Waals surface area contributed by atoms with Crippen molar-refractivity contribution in [2.24, 2.45) is 0 Å². The molecule has 1 heterocycles. The van der Waals surface area contributed by atoms with Crippen molar-refractivity contribution in [1.29, 1.82) is 0 Å². The van der Waals surface area contributed by atoms with Gasteiger partial charge in [-0.25, -0.2) is 0 Å².